The van der Waals surface area contributed by atoms with Crippen LogP contribution >= 0.6 is 22.7 Å². The molecule has 0 unspecified atom stereocenters. The zero-order chi connectivity index (χ0) is 19.3. The number of aromatic nitrogens is 1. The molecule has 28 heavy (non-hydrogen) atoms. The molecular weight excluding hydrogens is 398 g/mol. The molecule has 4 rings (SSSR count). The molecule has 1 atom stereocenters. The summed E-state index contributed by atoms with van der Waals surface area (Å²) in [6, 6.07) is 11.0. The van der Waals surface area contributed by atoms with Gasteiger partial charge in [0.25, 0.3) is 5.91 Å². The Morgan fingerprint density at radius 2 is 2.00 bits per heavy atom. The highest BCUT2D eigenvalue weighted by atomic mass is 32.1. The first-order valence-electron chi connectivity index (χ1n) is 8.62. The first-order valence-corrected chi connectivity index (χ1v) is 10.4. The third-order valence-electron chi connectivity index (χ3n) is 3.95. The van der Waals surface area contributed by atoms with Crippen LogP contribution in [-0.2, 0) is 11.2 Å². The Hall–Kier alpha value is -2.91. The van der Waals surface area contributed by atoms with Gasteiger partial charge >= 0.3 is 0 Å². The molecule has 1 aromatic carbocycles. The molecule has 2 aromatic heterocycles. The lowest BCUT2D eigenvalue weighted by Gasteiger charge is -2.26. The van der Waals surface area contributed by atoms with Crippen molar-refractivity contribution in [2.24, 2.45) is 0 Å². The van der Waals surface area contributed by atoms with E-state index in [0.717, 1.165) is 0 Å². The number of benzene rings is 1. The molecule has 2 N–H and O–H groups in total. The van der Waals surface area contributed by atoms with Crippen molar-refractivity contribution in [2.45, 2.75) is 12.5 Å². The van der Waals surface area contributed by atoms with Crippen molar-refractivity contribution in [1.29, 1.82) is 0 Å². The second-order valence-corrected chi connectivity index (χ2v) is 7.86. The number of rotatable bonds is 6. The SMILES string of the molecule is O=C(Cc1csc(NC(=O)c2cccs2)n1)NC[C@@H]1COc2ccccc2O1. The van der Waals surface area contributed by atoms with Gasteiger partial charge in [0, 0.05) is 5.38 Å². The number of carbonyl (C=O) groups excluding carboxylic acids is 2. The third-order valence-corrected chi connectivity index (χ3v) is 5.63. The number of ether oxygens (including phenoxy) is 2. The van der Waals surface area contributed by atoms with Crippen LogP contribution < -0.4 is 20.1 Å². The van der Waals surface area contributed by atoms with Crippen LogP contribution in [0.4, 0.5) is 5.13 Å². The fourth-order valence-corrected chi connectivity index (χ4v) is 3.95. The summed E-state index contributed by atoms with van der Waals surface area (Å²) in [7, 11) is 0. The highest BCUT2D eigenvalue weighted by Crippen LogP contribution is 2.30. The molecule has 0 saturated carbocycles. The Labute approximate surface area is 169 Å². The Kier molecular flexibility index (Phi) is 5.54. The zero-order valence-electron chi connectivity index (χ0n) is 14.7. The van der Waals surface area contributed by atoms with Crippen LogP contribution in [0.15, 0.2) is 47.2 Å². The predicted molar refractivity (Wildman–Crippen MR) is 107 cm³/mol. The molecule has 1 aliphatic heterocycles. The van der Waals surface area contributed by atoms with E-state index in [9.17, 15) is 9.59 Å². The molecule has 7 nitrogen and oxygen atoms in total. The Balaban J connectivity index is 1.24. The van der Waals surface area contributed by atoms with Gasteiger partial charge in [-0.15, -0.1) is 22.7 Å². The van der Waals surface area contributed by atoms with Gasteiger partial charge in [-0.05, 0) is 23.6 Å². The van der Waals surface area contributed by atoms with Crippen LogP contribution in [0.3, 0.4) is 0 Å². The summed E-state index contributed by atoms with van der Waals surface area (Å²) in [4.78, 5) is 29.1. The minimum absolute atomic E-state index is 0.134. The molecule has 0 aliphatic carbocycles. The maximum atomic E-state index is 12.2. The van der Waals surface area contributed by atoms with Crippen LogP contribution in [0.5, 0.6) is 11.5 Å². The molecule has 0 saturated heterocycles. The lowest BCUT2D eigenvalue weighted by Crippen LogP contribution is -2.41. The van der Waals surface area contributed by atoms with Crippen molar-refractivity contribution in [2.75, 3.05) is 18.5 Å². The van der Waals surface area contributed by atoms with Crippen molar-refractivity contribution in [3.8, 4) is 11.5 Å². The maximum Gasteiger partial charge on any atom is 0.267 e. The molecule has 9 heteroatoms. The minimum Gasteiger partial charge on any atom is -0.486 e. The number of thiophene rings is 1. The van der Waals surface area contributed by atoms with E-state index in [1.165, 1.54) is 22.7 Å². The molecule has 3 heterocycles. The van der Waals surface area contributed by atoms with Crippen LogP contribution in [0.1, 0.15) is 15.4 Å². The van der Waals surface area contributed by atoms with Gasteiger partial charge in [-0.3, -0.25) is 14.9 Å². The van der Waals surface area contributed by atoms with E-state index in [1.54, 1.807) is 11.4 Å². The lowest BCUT2D eigenvalue weighted by molar-refractivity contribution is -0.121. The van der Waals surface area contributed by atoms with Gasteiger partial charge in [-0.25, -0.2) is 4.98 Å². The number of carbonyl (C=O) groups is 2. The second kappa shape index (κ2) is 8.41. The summed E-state index contributed by atoms with van der Waals surface area (Å²) in [5.41, 5.74) is 0.607. The molecule has 0 radical (unpaired) electrons. The third kappa shape index (κ3) is 4.49. The fraction of sp³-hybridized carbons (Fsp3) is 0.211. The van der Waals surface area contributed by atoms with Crippen molar-refractivity contribution in [3.05, 3.63) is 57.7 Å². The number of hydrogen-bond acceptors (Lipinski definition) is 7. The first-order chi connectivity index (χ1) is 13.7. The summed E-state index contributed by atoms with van der Waals surface area (Å²) >= 11 is 2.65. The van der Waals surface area contributed by atoms with E-state index in [1.807, 2.05) is 35.7 Å². The minimum atomic E-state index is -0.241. The predicted octanol–water partition coefficient (Wildman–Crippen LogP) is 2.96. The van der Waals surface area contributed by atoms with E-state index < -0.39 is 0 Å². The quantitative estimate of drug-likeness (QED) is 0.646. The van der Waals surface area contributed by atoms with E-state index >= 15 is 0 Å². The number of hydrogen-bond donors (Lipinski definition) is 2. The van der Waals surface area contributed by atoms with Gasteiger partial charge in [0.1, 0.15) is 12.7 Å². The Morgan fingerprint density at radius 1 is 1.14 bits per heavy atom. The lowest BCUT2D eigenvalue weighted by atomic mass is 10.2. The molecule has 0 fully saturated rings. The largest absolute Gasteiger partial charge is 0.486 e. The number of thiazole rings is 1. The number of fused-ring (bicyclic) bond motifs is 1. The standard InChI is InChI=1S/C19H17N3O4S2/c23-17(20-9-13-10-25-14-4-1-2-5-15(14)26-13)8-12-11-28-19(21-12)22-18(24)16-6-3-7-27-16/h1-7,11,13H,8-10H2,(H,20,23)(H,21,22,24)/t13-/m1/s1. The smallest absolute Gasteiger partial charge is 0.267 e. The highest BCUT2D eigenvalue weighted by Gasteiger charge is 2.21. The van der Waals surface area contributed by atoms with Gasteiger partial charge in [-0.1, -0.05) is 18.2 Å². The molecule has 144 valence electrons. The average Bonchev–Trinajstić information content (AvgIpc) is 3.38. The van der Waals surface area contributed by atoms with Gasteiger partial charge in [0.2, 0.25) is 5.91 Å². The second-order valence-electron chi connectivity index (χ2n) is 6.05. The van der Waals surface area contributed by atoms with E-state index in [0.29, 0.717) is 40.4 Å². The fourth-order valence-electron chi connectivity index (χ4n) is 2.63. The summed E-state index contributed by atoms with van der Waals surface area (Å²) in [6.45, 7) is 0.728. The van der Waals surface area contributed by atoms with Gasteiger partial charge < -0.3 is 14.8 Å². The monoisotopic (exact) mass is 415 g/mol. The van der Waals surface area contributed by atoms with Gasteiger partial charge in [0.05, 0.1) is 23.5 Å². The van der Waals surface area contributed by atoms with Gasteiger partial charge in [0.15, 0.2) is 16.6 Å². The number of nitrogens with zero attached hydrogens (tertiary/aromatic N) is 1. The van der Waals surface area contributed by atoms with Crippen molar-refractivity contribution < 1.29 is 19.1 Å². The number of anilines is 1. The normalized spacial score (nSPS) is 15.1. The van der Waals surface area contributed by atoms with Crippen molar-refractivity contribution in [3.63, 3.8) is 0 Å². The molecular formula is C19H17N3O4S2. The molecule has 2 amide bonds. The van der Waals surface area contributed by atoms with Crippen molar-refractivity contribution >= 4 is 39.6 Å². The van der Waals surface area contributed by atoms with Crippen LogP contribution in [0, 0.1) is 0 Å². The summed E-state index contributed by atoms with van der Waals surface area (Å²) in [5.74, 6) is 1.03. The van der Waals surface area contributed by atoms with Crippen LogP contribution in [-0.4, -0.2) is 36.1 Å². The summed E-state index contributed by atoms with van der Waals surface area (Å²) in [5, 5.41) is 9.66. The number of para-hydroxylation sites is 2. The van der Waals surface area contributed by atoms with E-state index in [-0.39, 0.29) is 24.3 Å². The Bertz CT molecular complexity index is 971. The van der Waals surface area contributed by atoms with E-state index in [4.69, 9.17) is 9.47 Å². The first kappa shape index (κ1) is 18.5. The van der Waals surface area contributed by atoms with Crippen LogP contribution in [0.2, 0.25) is 0 Å². The molecule has 3 aromatic rings. The number of nitrogens with one attached hydrogen (secondary N) is 2. The molecule has 1 aliphatic rings. The molecule has 0 bridgehead atoms. The zero-order valence-corrected chi connectivity index (χ0v) is 16.3. The van der Waals surface area contributed by atoms with Gasteiger partial charge in [-0.2, -0.15) is 0 Å². The number of amides is 2. The summed E-state index contributed by atoms with van der Waals surface area (Å²) in [6.07, 6.45) is -0.106. The van der Waals surface area contributed by atoms with Crippen molar-refractivity contribution in [1.82, 2.24) is 10.3 Å². The maximum absolute atomic E-state index is 12.2. The van der Waals surface area contributed by atoms with Crippen LogP contribution in [0.25, 0.3) is 0 Å². The summed E-state index contributed by atoms with van der Waals surface area (Å²) < 4.78 is 11.4. The molecule has 0 spiro atoms. The highest BCUT2D eigenvalue weighted by molar-refractivity contribution is 7.14. The van der Waals surface area contributed by atoms with E-state index in [2.05, 4.69) is 15.6 Å². The Morgan fingerprint density at radius 3 is 2.82 bits per heavy atom. The average molecular weight is 415 g/mol. The topological polar surface area (TPSA) is 89.6 Å².